The molecule has 6 aromatic heterocycles. The number of para-hydroxylation sites is 6. The molecule has 12 rings (SSSR count). The van der Waals surface area contributed by atoms with Gasteiger partial charge in [0.25, 0.3) is 0 Å². The number of allylic oxidation sites excluding steroid dienone is 9. The minimum Gasteiger partial charge on any atom is -0.522 e. The second kappa shape index (κ2) is 48.6. The van der Waals surface area contributed by atoms with Crippen molar-refractivity contribution in [2.75, 3.05) is 26.2 Å². The molecule has 10 N–H and O–H groups in total. The summed E-state index contributed by atoms with van der Waals surface area (Å²) in [6.07, 6.45) is 8.36. The third-order valence-electron chi connectivity index (χ3n) is 16.8. The number of aromatic nitrogens is 6. The van der Waals surface area contributed by atoms with E-state index in [1.807, 2.05) is 48.5 Å². The number of sulfonamides is 4. The van der Waals surface area contributed by atoms with E-state index < -0.39 is 40.1 Å². The fourth-order valence-corrected chi connectivity index (χ4v) is 15.7. The Balaban J connectivity index is 0.000000289. The Bertz CT molecular complexity index is 6770. The zero-order valence-corrected chi connectivity index (χ0v) is 74.8. The molecule has 0 aliphatic carbocycles. The smallest absolute Gasteiger partial charge is 0.333 e. The van der Waals surface area contributed by atoms with Crippen LogP contribution in [0.3, 0.4) is 0 Å². The van der Waals surface area contributed by atoms with Crippen molar-refractivity contribution in [2.24, 2.45) is 61.4 Å². The second-order valence-electron chi connectivity index (χ2n) is 25.6. The number of benzene rings is 6. The van der Waals surface area contributed by atoms with Gasteiger partial charge in [-0.05, 0) is 114 Å². The average molecular weight is 1970 g/mol. The molecular weight excluding hydrogens is 1910 g/mol. The largest absolute Gasteiger partial charge is 0.522 e. The van der Waals surface area contributed by atoms with Crippen LogP contribution in [-0.2, 0) is 89.6 Å². The van der Waals surface area contributed by atoms with Crippen molar-refractivity contribution in [2.45, 2.75) is 61.1 Å². The summed E-state index contributed by atoms with van der Waals surface area (Å²) in [5.74, 6) is -2.45. The molecule has 0 bridgehead atoms. The van der Waals surface area contributed by atoms with Crippen LogP contribution >= 0.6 is 0 Å². The molecule has 0 aliphatic heterocycles. The van der Waals surface area contributed by atoms with Gasteiger partial charge >= 0.3 is 17.5 Å². The summed E-state index contributed by atoms with van der Waals surface area (Å²) >= 11 is 0. The van der Waals surface area contributed by atoms with Gasteiger partial charge < -0.3 is 45.2 Å². The van der Waals surface area contributed by atoms with Crippen molar-refractivity contribution in [1.29, 1.82) is 15.8 Å². The number of nitrogens with one attached hydrogen (secondary N) is 4. The quantitative estimate of drug-likeness (QED) is 0.00601. The number of nitriles is 3. The van der Waals surface area contributed by atoms with Gasteiger partial charge in [0.15, 0.2) is 17.1 Å². The van der Waals surface area contributed by atoms with Crippen LogP contribution in [0, 0.1) is 53.7 Å². The van der Waals surface area contributed by atoms with Crippen LogP contribution < -0.4 is 18.9 Å². The van der Waals surface area contributed by atoms with Gasteiger partial charge in [0.05, 0.1) is 41.6 Å². The van der Waals surface area contributed by atoms with E-state index in [0.717, 1.165) is 10.8 Å². The molecule has 0 amide bonds. The van der Waals surface area contributed by atoms with Crippen LogP contribution in [0.25, 0.3) is 80.0 Å². The van der Waals surface area contributed by atoms with E-state index in [1.54, 1.807) is 42.7 Å². The Hall–Kier alpha value is -15.3. The molecular formula is C82H68N28Ni3O14S4. The first-order valence-corrected chi connectivity index (χ1v) is 42.6. The number of fused-ring (bicyclic) bond motifs is 6. The maximum absolute atomic E-state index is 13.2. The number of rotatable bonds is 26. The average Bonchev–Trinajstić information content (AvgIpc) is 0.801. The van der Waals surface area contributed by atoms with Crippen molar-refractivity contribution in [3.05, 3.63) is 298 Å². The molecule has 6 aromatic carbocycles. The Morgan fingerprint density at radius 3 is 0.725 bits per heavy atom. The molecule has 674 valence electrons. The predicted molar refractivity (Wildman–Crippen MR) is 467 cm³/mol. The van der Waals surface area contributed by atoms with Gasteiger partial charge in [-0.1, -0.05) is 120 Å². The number of aliphatic hydroxyl groups is 6. The number of azo groups is 6. The standard InChI is InChI=1S/2C28H24N10O6S2.2C13H10N4O.3Ni/c2*1-17(39)23(16-29)37-35-21-8-4-6-19-24(10-12-31-26(19)21)45(41,42)33-14-15-34-46(43,44)25-11-13-32-27-20(25)7-5-9-22(27)36-38-28(30-3)18(2)40;1-9(18)13(14-2)17-16-11-7-3-5-10-6-4-8-15-12(10)11;1-9(18)12(8-14)17-16-11-6-2-4-10-5-3-7-15-13(10)11;;;/h2*4-13,33-34,39-40H,14-15H2,1-2H3;3-8,18H,1H3;2-7,18H,1H3;;;/b2*23-17-,28-18-,37-35?,38-36?;13-9-,17-16?;12-9-,17-16?;;;. The van der Waals surface area contributed by atoms with Crippen molar-refractivity contribution in [3.8, 4) is 18.2 Å². The van der Waals surface area contributed by atoms with E-state index in [2.05, 4.69) is 125 Å². The zero-order chi connectivity index (χ0) is 92.9. The summed E-state index contributed by atoms with van der Waals surface area (Å²) in [5.41, 5.74) is 3.07. The third-order valence-corrected chi connectivity index (χ3v) is 22.9. The van der Waals surface area contributed by atoms with E-state index in [0.29, 0.717) is 22.4 Å². The number of hydrogen-bond acceptors (Lipinski definition) is 35. The van der Waals surface area contributed by atoms with Gasteiger partial charge in [-0.2, -0.15) is 15.8 Å². The first kappa shape index (κ1) is 104. The topological polar surface area (TPSA) is 616 Å². The number of pyridine rings is 6. The van der Waals surface area contributed by atoms with E-state index in [9.17, 15) is 64.3 Å². The summed E-state index contributed by atoms with van der Waals surface area (Å²) in [5, 5.41) is 132. The van der Waals surface area contributed by atoms with Gasteiger partial charge in [0, 0.05) is 160 Å². The van der Waals surface area contributed by atoms with Crippen LogP contribution in [0.4, 0.5) is 34.1 Å². The Kier molecular flexibility index (Phi) is 38.7. The van der Waals surface area contributed by atoms with Crippen molar-refractivity contribution < 1.29 is 114 Å². The zero-order valence-electron chi connectivity index (χ0n) is 68.6. The summed E-state index contributed by atoms with van der Waals surface area (Å²) in [4.78, 5) is 33.8. The fraction of sp³-hybridized carbons (Fsp3) is 0.122. The molecule has 6 heterocycles. The number of aliphatic hydroxyl groups excluding tert-OH is 6. The first-order valence-electron chi connectivity index (χ1n) is 36.6. The predicted octanol–water partition coefficient (Wildman–Crippen LogP) is 18.0. The monoisotopic (exact) mass is 1970 g/mol. The van der Waals surface area contributed by atoms with Gasteiger partial charge in [0.1, 0.15) is 97.9 Å². The van der Waals surface area contributed by atoms with E-state index in [-0.39, 0.29) is 231 Å². The van der Waals surface area contributed by atoms with Crippen LogP contribution in [0.1, 0.15) is 41.5 Å². The maximum atomic E-state index is 13.2. The van der Waals surface area contributed by atoms with E-state index in [4.69, 9.17) is 35.5 Å². The van der Waals surface area contributed by atoms with Crippen molar-refractivity contribution in [3.63, 3.8) is 0 Å². The molecule has 131 heavy (non-hydrogen) atoms. The first-order chi connectivity index (χ1) is 61.2. The van der Waals surface area contributed by atoms with Gasteiger partial charge in [-0.25, -0.2) is 52.6 Å². The van der Waals surface area contributed by atoms with E-state index in [1.165, 1.54) is 163 Å². The summed E-state index contributed by atoms with van der Waals surface area (Å²) in [6.45, 7) is 27.6. The Labute approximate surface area is 777 Å². The number of hydrogen-bond donors (Lipinski definition) is 10. The van der Waals surface area contributed by atoms with Gasteiger partial charge in [0.2, 0.25) is 40.1 Å². The van der Waals surface area contributed by atoms with E-state index >= 15 is 0 Å². The SMILES string of the molecule is C/C(O)=C(\C#N)N=Nc1cccc2cccnc12.[C-]#[N+]/C(N=Nc1cccc2c(S(=O)(=O)NCCNS(=O)(=O)c3ccnc4c(N=N/C(C#N)=C(/C)O)cccc34)ccnc12)=C(\C)O.[C-]#[N+]/C(N=Nc1cccc2c(S(=O)(=O)NCCNS(=O)(=O)c3ccnc4c(N=N/C(C#N)=C(/C)O)cccc34)ccnc12)=C(\C)O.[C-]#[N+]/C(N=Nc1cccc2cccnc12)=C(\C)O.[Ni].[Ni].[Ni]. The molecule has 0 saturated carbocycles. The molecule has 0 unspecified atom stereocenters. The van der Waals surface area contributed by atoms with Gasteiger partial charge in [-0.15, -0.1) is 30.7 Å². The molecule has 0 spiro atoms. The molecule has 0 radical (unpaired) electrons. The van der Waals surface area contributed by atoms with Crippen LogP contribution in [-0.4, -0.2) is 120 Å². The number of nitrogens with zero attached hydrogens (tertiary/aromatic N) is 24. The Morgan fingerprint density at radius 1 is 0.305 bits per heavy atom. The molecule has 0 aliphatic rings. The Morgan fingerprint density at radius 2 is 0.511 bits per heavy atom. The van der Waals surface area contributed by atoms with Crippen molar-refractivity contribution >= 4 is 140 Å². The molecule has 12 aromatic rings. The normalized spacial score (nSPS) is 12.9. The summed E-state index contributed by atoms with van der Waals surface area (Å²) in [6, 6.07) is 46.9. The molecule has 42 nitrogen and oxygen atoms in total. The van der Waals surface area contributed by atoms with Crippen LogP contribution in [0.5, 0.6) is 0 Å². The fourth-order valence-electron chi connectivity index (χ4n) is 10.9. The molecule has 49 heteroatoms. The van der Waals surface area contributed by atoms with Gasteiger partial charge in [-0.3, -0.25) is 29.9 Å². The summed E-state index contributed by atoms with van der Waals surface area (Å²) < 4.78 is 115. The molecule has 0 atom stereocenters. The minimum absolute atomic E-state index is 0. The second-order valence-corrected chi connectivity index (χ2v) is 32.6. The van der Waals surface area contributed by atoms with Crippen molar-refractivity contribution in [1.82, 2.24) is 48.8 Å². The maximum Gasteiger partial charge on any atom is 0.333 e. The summed E-state index contributed by atoms with van der Waals surface area (Å²) in [7, 11) is -16.7. The minimum atomic E-state index is -4.17. The third kappa shape index (κ3) is 27.4. The van der Waals surface area contributed by atoms with Crippen LogP contribution in [0.2, 0.25) is 0 Å². The van der Waals surface area contributed by atoms with Crippen LogP contribution in [0.15, 0.2) is 345 Å². The molecule has 0 saturated heterocycles. The molecule has 0 fully saturated rings.